The summed E-state index contributed by atoms with van der Waals surface area (Å²) >= 11 is 0. The summed E-state index contributed by atoms with van der Waals surface area (Å²) in [5.41, 5.74) is 0. The van der Waals surface area contributed by atoms with E-state index < -0.39 is 30.2 Å². The molecule has 0 saturated carbocycles. The molecule has 0 saturated heterocycles. The van der Waals surface area contributed by atoms with Gasteiger partial charge in [-0.25, -0.2) is 0 Å². The lowest BCUT2D eigenvalue weighted by molar-refractivity contribution is -0.275. The van der Waals surface area contributed by atoms with Crippen LogP contribution >= 0.6 is 0 Å². The average Bonchev–Trinajstić information content (AvgIpc) is 2.20. The fourth-order valence-corrected chi connectivity index (χ4v) is 1.18. The van der Waals surface area contributed by atoms with Crippen LogP contribution in [-0.4, -0.2) is 19.6 Å². The van der Waals surface area contributed by atoms with Gasteiger partial charge >= 0.3 is 13.0 Å². The summed E-state index contributed by atoms with van der Waals surface area (Å²) in [6, 6.07) is 3.08. The van der Waals surface area contributed by atoms with Crippen molar-refractivity contribution in [1.29, 1.82) is 0 Å². The molecule has 0 N–H and O–H groups in total. The van der Waals surface area contributed by atoms with E-state index in [2.05, 4.69) is 9.47 Å². The van der Waals surface area contributed by atoms with Gasteiger partial charge in [0, 0.05) is 0 Å². The third kappa shape index (κ3) is 4.27. The molecule has 8 heteroatoms. The summed E-state index contributed by atoms with van der Waals surface area (Å²) in [5, 5.41) is 0. The van der Waals surface area contributed by atoms with Gasteiger partial charge in [0.05, 0.1) is 6.61 Å². The SMILES string of the molecule is CCOc1c(OC(F)F)cccc1OC(F)(F)F. The van der Waals surface area contributed by atoms with Gasteiger partial charge in [0.1, 0.15) is 0 Å². The highest BCUT2D eigenvalue weighted by molar-refractivity contribution is 5.51. The van der Waals surface area contributed by atoms with Crippen LogP contribution < -0.4 is 14.2 Å². The van der Waals surface area contributed by atoms with E-state index in [0.29, 0.717) is 0 Å². The van der Waals surface area contributed by atoms with Crippen LogP contribution in [0.5, 0.6) is 17.2 Å². The Morgan fingerprint density at radius 3 is 2.28 bits per heavy atom. The van der Waals surface area contributed by atoms with E-state index in [1.807, 2.05) is 0 Å². The molecule has 0 amide bonds. The van der Waals surface area contributed by atoms with E-state index in [9.17, 15) is 22.0 Å². The van der Waals surface area contributed by atoms with Gasteiger partial charge in [-0.15, -0.1) is 13.2 Å². The van der Waals surface area contributed by atoms with Crippen molar-refractivity contribution in [2.24, 2.45) is 0 Å². The average molecular weight is 272 g/mol. The van der Waals surface area contributed by atoms with Crippen LogP contribution in [0.4, 0.5) is 22.0 Å². The predicted molar refractivity (Wildman–Crippen MR) is 50.9 cm³/mol. The Kier molecular flexibility index (Phi) is 4.57. The molecule has 0 atom stereocenters. The minimum atomic E-state index is -4.95. The summed E-state index contributed by atoms with van der Waals surface area (Å²) in [4.78, 5) is 0. The first-order valence-electron chi connectivity index (χ1n) is 4.80. The van der Waals surface area contributed by atoms with Crippen molar-refractivity contribution < 1.29 is 36.2 Å². The molecule has 1 aromatic rings. The molecule has 102 valence electrons. The van der Waals surface area contributed by atoms with E-state index in [4.69, 9.17) is 4.74 Å². The molecule has 0 aromatic heterocycles. The molecule has 0 aliphatic carbocycles. The molecule has 1 rings (SSSR count). The van der Waals surface area contributed by atoms with Gasteiger partial charge in [0.15, 0.2) is 11.5 Å². The number of ether oxygens (including phenoxy) is 3. The summed E-state index contributed by atoms with van der Waals surface area (Å²) < 4.78 is 72.9. The zero-order valence-electron chi connectivity index (χ0n) is 9.13. The number of rotatable bonds is 5. The molecule has 0 spiro atoms. The largest absolute Gasteiger partial charge is 0.573 e. The summed E-state index contributed by atoms with van der Waals surface area (Å²) in [7, 11) is 0. The summed E-state index contributed by atoms with van der Waals surface area (Å²) in [6.07, 6.45) is -4.95. The van der Waals surface area contributed by atoms with Crippen LogP contribution in [0.2, 0.25) is 0 Å². The second-order valence-electron chi connectivity index (χ2n) is 2.94. The van der Waals surface area contributed by atoms with Gasteiger partial charge in [-0.3, -0.25) is 0 Å². The first-order chi connectivity index (χ1) is 8.33. The summed E-state index contributed by atoms with van der Waals surface area (Å²) in [6.45, 7) is -1.72. The second kappa shape index (κ2) is 5.74. The topological polar surface area (TPSA) is 27.7 Å². The van der Waals surface area contributed by atoms with E-state index in [-0.39, 0.29) is 6.61 Å². The quantitative estimate of drug-likeness (QED) is 0.767. The Balaban J connectivity index is 3.08. The highest BCUT2D eigenvalue weighted by Gasteiger charge is 2.33. The molecule has 0 unspecified atom stereocenters. The van der Waals surface area contributed by atoms with Crippen LogP contribution in [0.25, 0.3) is 0 Å². The molecule has 0 fully saturated rings. The first-order valence-corrected chi connectivity index (χ1v) is 4.80. The van der Waals surface area contributed by atoms with Gasteiger partial charge in [-0.2, -0.15) is 8.78 Å². The van der Waals surface area contributed by atoms with Crippen molar-refractivity contribution in [2.45, 2.75) is 19.9 Å². The van der Waals surface area contributed by atoms with Crippen molar-refractivity contribution in [3.63, 3.8) is 0 Å². The van der Waals surface area contributed by atoms with Crippen LogP contribution in [-0.2, 0) is 0 Å². The van der Waals surface area contributed by atoms with Crippen LogP contribution in [0.3, 0.4) is 0 Å². The Bertz CT molecular complexity index is 392. The monoisotopic (exact) mass is 272 g/mol. The van der Waals surface area contributed by atoms with Gasteiger partial charge in [-0.1, -0.05) is 6.07 Å². The fraction of sp³-hybridized carbons (Fsp3) is 0.400. The zero-order valence-corrected chi connectivity index (χ0v) is 9.13. The van der Waals surface area contributed by atoms with E-state index in [0.717, 1.165) is 18.2 Å². The van der Waals surface area contributed by atoms with E-state index in [1.54, 1.807) is 0 Å². The standard InChI is InChI=1S/C10H9F5O3/c1-2-16-8-6(17-9(11)12)4-3-5-7(8)18-10(13,14)15/h3-5,9H,2H2,1H3. The highest BCUT2D eigenvalue weighted by Crippen LogP contribution is 2.40. The molecule has 1 aromatic carbocycles. The van der Waals surface area contributed by atoms with Crippen LogP contribution in [0.1, 0.15) is 6.92 Å². The Hall–Kier alpha value is -1.73. The van der Waals surface area contributed by atoms with Crippen molar-refractivity contribution in [3.8, 4) is 17.2 Å². The minimum Gasteiger partial charge on any atom is -0.487 e. The molecule has 0 aliphatic rings. The molecule has 18 heavy (non-hydrogen) atoms. The highest BCUT2D eigenvalue weighted by atomic mass is 19.4. The minimum absolute atomic E-state index is 0.0299. The third-order valence-electron chi connectivity index (χ3n) is 1.67. The molecule has 0 aliphatic heterocycles. The molecular weight excluding hydrogens is 263 g/mol. The molecular formula is C10H9F5O3. The number of benzene rings is 1. The van der Waals surface area contributed by atoms with Crippen LogP contribution in [0.15, 0.2) is 18.2 Å². The maximum atomic E-state index is 12.1. The van der Waals surface area contributed by atoms with E-state index >= 15 is 0 Å². The third-order valence-corrected chi connectivity index (χ3v) is 1.67. The predicted octanol–water partition coefficient (Wildman–Crippen LogP) is 3.59. The fourth-order valence-electron chi connectivity index (χ4n) is 1.18. The first kappa shape index (κ1) is 14.3. The number of alkyl halides is 5. The van der Waals surface area contributed by atoms with Crippen molar-refractivity contribution in [1.82, 2.24) is 0 Å². The molecule has 0 heterocycles. The Morgan fingerprint density at radius 1 is 1.17 bits per heavy atom. The number of halogens is 5. The molecule has 3 nitrogen and oxygen atoms in total. The maximum absolute atomic E-state index is 12.1. The maximum Gasteiger partial charge on any atom is 0.573 e. The van der Waals surface area contributed by atoms with Gasteiger partial charge in [-0.05, 0) is 19.1 Å². The number of hydrogen-bond acceptors (Lipinski definition) is 3. The second-order valence-corrected chi connectivity index (χ2v) is 2.94. The lowest BCUT2D eigenvalue weighted by Crippen LogP contribution is -2.18. The van der Waals surface area contributed by atoms with E-state index in [1.165, 1.54) is 6.92 Å². The van der Waals surface area contributed by atoms with Crippen LogP contribution in [0, 0.1) is 0 Å². The number of hydrogen-bond donors (Lipinski definition) is 0. The van der Waals surface area contributed by atoms with Crippen molar-refractivity contribution >= 4 is 0 Å². The Labute approximate surface area is 99.1 Å². The van der Waals surface area contributed by atoms with Gasteiger partial charge in [0.25, 0.3) is 0 Å². The van der Waals surface area contributed by atoms with Gasteiger partial charge < -0.3 is 14.2 Å². The molecule has 0 bridgehead atoms. The van der Waals surface area contributed by atoms with Crippen molar-refractivity contribution in [3.05, 3.63) is 18.2 Å². The lowest BCUT2D eigenvalue weighted by atomic mass is 10.3. The normalized spacial score (nSPS) is 11.5. The zero-order chi connectivity index (χ0) is 13.8. The van der Waals surface area contributed by atoms with Crippen molar-refractivity contribution in [2.75, 3.05) is 6.61 Å². The lowest BCUT2D eigenvalue weighted by Gasteiger charge is -2.16. The summed E-state index contributed by atoms with van der Waals surface area (Å²) in [5.74, 6) is -1.77. The number of para-hydroxylation sites is 1. The smallest absolute Gasteiger partial charge is 0.487 e. The van der Waals surface area contributed by atoms with Gasteiger partial charge in [0.2, 0.25) is 5.75 Å². The Morgan fingerprint density at radius 2 is 1.78 bits per heavy atom. The molecule has 0 radical (unpaired) electrons.